The Morgan fingerprint density at radius 1 is 1.32 bits per heavy atom. The molecule has 1 aromatic carbocycles. The van der Waals surface area contributed by atoms with Crippen LogP contribution in [-0.2, 0) is 23.2 Å². The molecule has 2 aromatic rings. The van der Waals surface area contributed by atoms with Gasteiger partial charge in [0.2, 0.25) is 5.91 Å². The van der Waals surface area contributed by atoms with E-state index in [4.69, 9.17) is 5.73 Å². The number of carbonyl (C=O) groups is 1. The number of aromatic nitrogens is 2. The van der Waals surface area contributed by atoms with E-state index in [0.717, 1.165) is 11.3 Å². The van der Waals surface area contributed by atoms with E-state index in [2.05, 4.69) is 48.2 Å². The van der Waals surface area contributed by atoms with Gasteiger partial charge in [0.15, 0.2) is 0 Å². The summed E-state index contributed by atoms with van der Waals surface area (Å²) in [7, 11) is 0. The number of hydrogen-bond donors (Lipinski definition) is 3. The van der Waals surface area contributed by atoms with Gasteiger partial charge >= 0.3 is 0 Å². The lowest BCUT2D eigenvalue weighted by Crippen LogP contribution is -2.41. The van der Waals surface area contributed by atoms with Crippen LogP contribution in [0.1, 0.15) is 37.6 Å². The fourth-order valence-corrected chi connectivity index (χ4v) is 2.17. The molecule has 0 radical (unpaired) electrons. The number of rotatable bonds is 5. The Hall–Kier alpha value is -2.14. The van der Waals surface area contributed by atoms with Gasteiger partial charge in [0.1, 0.15) is 0 Å². The summed E-state index contributed by atoms with van der Waals surface area (Å²) in [6.45, 7) is 7.02. The van der Waals surface area contributed by atoms with Crippen LogP contribution >= 0.6 is 0 Å². The fraction of sp³-hybridized carbons (Fsp3) is 0.412. The SMILES string of the molecule is CC(C)(C)c1ccc(CNC(=O)[C@@H](N)Cc2cnc[nH]2)cc1. The predicted molar refractivity (Wildman–Crippen MR) is 87.3 cm³/mol. The summed E-state index contributed by atoms with van der Waals surface area (Å²) in [5, 5.41) is 2.87. The van der Waals surface area contributed by atoms with Gasteiger partial charge in [-0.05, 0) is 16.5 Å². The van der Waals surface area contributed by atoms with Crippen molar-refractivity contribution in [1.29, 1.82) is 0 Å². The first kappa shape index (κ1) is 16.2. The zero-order chi connectivity index (χ0) is 16.2. The lowest BCUT2D eigenvalue weighted by molar-refractivity contribution is -0.122. The molecule has 0 aliphatic heterocycles. The van der Waals surface area contributed by atoms with Crippen LogP contribution in [0, 0.1) is 0 Å². The quantitative estimate of drug-likeness (QED) is 0.788. The zero-order valence-electron chi connectivity index (χ0n) is 13.4. The van der Waals surface area contributed by atoms with E-state index in [1.54, 1.807) is 12.5 Å². The van der Waals surface area contributed by atoms with Crippen LogP contribution < -0.4 is 11.1 Å². The molecule has 22 heavy (non-hydrogen) atoms. The van der Waals surface area contributed by atoms with Crippen molar-refractivity contribution < 1.29 is 4.79 Å². The van der Waals surface area contributed by atoms with Gasteiger partial charge in [0, 0.05) is 24.9 Å². The first-order chi connectivity index (χ1) is 10.4. The lowest BCUT2D eigenvalue weighted by atomic mass is 9.87. The van der Waals surface area contributed by atoms with Crippen molar-refractivity contribution in [2.24, 2.45) is 5.73 Å². The molecule has 0 aliphatic rings. The van der Waals surface area contributed by atoms with Crippen molar-refractivity contribution in [3.8, 4) is 0 Å². The average Bonchev–Trinajstić information content (AvgIpc) is 2.97. The van der Waals surface area contributed by atoms with Crippen molar-refractivity contribution in [2.75, 3.05) is 0 Å². The predicted octanol–water partition coefficient (Wildman–Crippen LogP) is 1.89. The summed E-state index contributed by atoms with van der Waals surface area (Å²) >= 11 is 0. The molecule has 4 N–H and O–H groups in total. The Bertz CT molecular complexity index is 597. The smallest absolute Gasteiger partial charge is 0.237 e. The number of aromatic amines is 1. The first-order valence-electron chi connectivity index (χ1n) is 7.46. The molecule has 0 unspecified atom stereocenters. The number of nitrogens with zero attached hydrogens (tertiary/aromatic N) is 1. The number of benzene rings is 1. The van der Waals surface area contributed by atoms with E-state index in [-0.39, 0.29) is 11.3 Å². The van der Waals surface area contributed by atoms with E-state index in [1.165, 1.54) is 5.56 Å². The van der Waals surface area contributed by atoms with Crippen LogP contribution in [0.3, 0.4) is 0 Å². The topological polar surface area (TPSA) is 83.8 Å². The molecule has 0 spiro atoms. The third kappa shape index (κ3) is 4.43. The summed E-state index contributed by atoms with van der Waals surface area (Å²) < 4.78 is 0. The van der Waals surface area contributed by atoms with Crippen molar-refractivity contribution in [2.45, 2.75) is 45.2 Å². The van der Waals surface area contributed by atoms with E-state index < -0.39 is 6.04 Å². The van der Waals surface area contributed by atoms with Crippen LogP contribution in [0.15, 0.2) is 36.8 Å². The summed E-state index contributed by atoms with van der Waals surface area (Å²) in [6.07, 6.45) is 3.71. The number of H-pyrrole nitrogens is 1. The molecular formula is C17H24N4O. The Morgan fingerprint density at radius 2 is 2.00 bits per heavy atom. The second-order valence-corrected chi connectivity index (χ2v) is 6.55. The molecule has 118 valence electrons. The molecule has 5 nitrogen and oxygen atoms in total. The number of imidazole rings is 1. The highest BCUT2D eigenvalue weighted by atomic mass is 16.2. The summed E-state index contributed by atoms with van der Waals surface area (Å²) in [5.41, 5.74) is 9.23. The van der Waals surface area contributed by atoms with E-state index in [0.29, 0.717) is 13.0 Å². The normalized spacial score (nSPS) is 12.9. The van der Waals surface area contributed by atoms with E-state index in [9.17, 15) is 4.79 Å². The Balaban J connectivity index is 1.85. The van der Waals surface area contributed by atoms with Gasteiger partial charge in [0.05, 0.1) is 12.4 Å². The number of nitrogens with two attached hydrogens (primary N) is 1. The maximum absolute atomic E-state index is 12.0. The van der Waals surface area contributed by atoms with Crippen molar-refractivity contribution in [3.05, 3.63) is 53.6 Å². The van der Waals surface area contributed by atoms with Crippen LogP contribution in [0.4, 0.5) is 0 Å². The van der Waals surface area contributed by atoms with Gasteiger partial charge in [-0.25, -0.2) is 4.98 Å². The third-order valence-electron chi connectivity index (χ3n) is 3.62. The average molecular weight is 300 g/mol. The van der Waals surface area contributed by atoms with Crippen LogP contribution in [0.5, 0.6) is 0 Å². The van der Waals surface area contributed by atoms with Gasteiger partial charge < -0.3 is 16.0 Å². The lowest BCUT2D eigenvalue weighted by Gasteiger charge is -2.19. The van der Waals surface area contributed by atoms with Gasteiger partial charge in [-0.15, -0.1) is 0 Å². The highest BCUT2D eigenvalue weighted by Crippen LogP contribution is 2.22. The Labute approximate surface area is 131 Å². The molecule has 0 aliphatic carbocycles. The van der Waals surface area contributed by atoms with Crippen LogP contribution in [0.2, 0.25) is 0 Å². The molecule has 1 aromatic heterocycles. The van der Waals surface area contributed by atoms with E-state index >= 15 is 0 Å². The maximum Gasteiger partial charge on any atom is 0.237 e. The Morgan fingerprint density at radius 3 is 2.55 bits per heavy atom. The zero-order valence-corrected chi connectivity index (χ0v) is 13.4. The molecule has 0 bridgehead atoms. The number of nitrogens with one attached hydrogen (secondary N) is 2. The monoisotopic (exact) mass is 300 g/mol. The van der Waals surface area contributed by atoms with Crippen LogP contribution in [-0.4, -0.2) is 21.9 Å². The van der Waals surface area contributed by atoms with Crippen LogP contribution in [0.25, 0.3) is 0 Å². The highest BCUT2D eigenvalue weighted by Gasteiger charge is 2.15. The maximum atomic E-state index is 12.0. The second-order valence-electron chi connectivity index (χ2n) is 6.55. The van der Waals surface area contributed by atoms with Gasteiger partial charge in [-0.1, -0.05) is 45.0 Å². The minimum Gasteiger partial charge on any atom is -0.351 e. The summed E-state index contributed by atoms with van der Waals surface area (Å²) in [6, 6.07) is 7.72. The third-order valence-corrected chi connectivity index (χ3v) is 3.62. The minimum atomic E-state index is -0.575. The largest absolute Gasteiger partial charge is 0.351 e. The number of hydrogen-bond acceptors (Lipinski definition) is 3. The van der Waals surface area contributed by atoms with Gasteiger partial charge in [-0.3, -0.25) is 4.79 Å². The van der Waals surface area contributed by atoms with Crippen molar-refractivity contribution >= 4 is 5.91 Å². The van der Waals surface area contributed by atoms with Crippen molar-refractivity contribution in [3.63, 3.8) is 0 Å². The standard InChI is InChI=1S/C17H24N4O/c1-17(2,3)13-6-4-12(5-7-13)9-20-16(22)15(18)8-14-10-19-11-21-14/h4-7,10-11,15H,8-9,18H2,1-3H3,(H,19,21)(H,20,22)/t15-/m0/s1. The number of amides is 1. The second kappa shape index (κ2) is 6.75. The molecule has 5 heteroatoms. The molecule has 1 amide bonds. The first-order valence-corrected chi connectivity index (χ1v) is 7.46. The number of carbonyl (C=O) groups excluding carboxylic acids is 1. The Kier molecular flexibility index (Phi) is 4.98. The molecule has 2 rings (SSSR count). The van der Waals surface area contributed by atoms with E-state index in [1.807, 2.05) is 12.1 Å². The minimum absolute atomic E-state index is 0.133. The molecule has 0 fully saturated rings. The highest BCUT2D eigenvalue weighted by molar-refractivity contribution is 5.81. The summed E-state index contributed by atoms with van der Waals surface area (Å²) in [5.74, 6) is -0.158. The molecule has 1 atom stereocenters. The molecule has 0 saturated carbocycles. The molecular weight excluding hydrogens is 276 g/mol. The molecule has 0 saturated heterocycles. The van der Waals surface area contributed by atoms with Gasteiger partial charge in [-0.2, -0.15) is 0 Å². The van der Waals surface area contributed by atoms with Gasteiger partial charge in [0.25, 0.3) is 0 Å². The summed E-state index contributed by atoms with van der Waals surface area (Å²) in [4.78, 5) is 18.9. The fourth-order valence-electron chi connectivity index (χ4n) is 2.17. The van der Waals surface area contributed by atoms with Crippen molar-refractivity contribution in [1.82, 2.24) is 15.3 Å². The molecule has 1 heterocycles.